The molecule has 0 saturated heterocycles. The monoisotopic (exact) mass is 346 g/mol. The van der Waals surface area contributed by atoms with E-state index in [1.54, 1.807) is 67.1 Å². The molecule has 2 unspecified atom stereocenters. The Balaban J connectivity index is 1.85. The average Bonchev–Trinajstić information content (AvgIpc) is 2.74. The van der Waals surface area contributed by atoms with E-state index < -0.39 is 24.1 Å². The van der Waals surface area contributed by atoms with Crippen LogP contribution in [0.5, 0.6) is 0 Å². The maximum Gasteiger partial charge on any atom is 0.338 e. The van der Waals surface area contributed by atoms with E-state index in [2.05, 4.69) is 9.97 Å². The Hall–Kier alpha value is -3.54. The van der Waals surface area contributed by atoms with Gasteiger partial charge in [-0.05, 0) is 36.4 Å². The van der Waals surface area contributed by atoms with Gasteiger partial charge in [0, 0.05) is 24.2 Å². The minimum atomic E-state index is -0.897. The molecule has 6 nitrogen and oxygen atoms in total. The first kappa shape index (κ1) is 16.0. The summed E-state index contributed by atoms with van der Waals surface area (Å²) in [4.78, 5) is 33.6. The van der Waals surface area contributed by atoms with Crippen LogP contribution in [0.4, 0.5) is 0 Å². The van der Waals surface area contributed by atoms with Crippen LogP contribution in [-0.2, 0) is 9.47 Å². The van der Waals surface area contributed by atoms with E-state index in [0.717, 1.165) is 0 Å². The molecule has 4 rings (SSSR count). The Morgan fingerprint density at radius 1 is 0.769 bits per heavy atom. The highest BCUT2D eigenvalue weighted by Crippen LogP contribution is 2.36. The van der Waals surface area contributed by atoms with Gasteiger partial charge in [-0.2, -0.15) is 0 Å². The first-order valence-electron chi connectivity index (χ1n) is 8.05. The number of carbonyl (C=O) groups is 2. The highest BCUT2D eigenvalue weighted by Gasteiger charge is 2.35. The smallest absolute Gasteiger partial charge is 0.338 e. The molecule has 0 saturated carbocycles. The minimum absolute atomic E-state index is 0.284. The highest BCUT2D eigenvalue weighted by molar-refractivity contribution is 5.95. The molecule has 128 valence electrons. The molecular weight excluding hydrogens is 332 g/mol. The third-order valence-electron chi connectivity index (χ3n) is 4.07. The Morgan fingerprint density at radius 3 is 2.19 bits per heavy atom. The van der Waals surface area contributed by atoms with Gasteiger partial charge in [-0.1, -0.05) is 18.2 Å². The molecular formula is C20H14N2O4. The van der Waals surface area contributed by atoms with E-state index >= 15 is 0 Å². The fourth-order valence-electron chi connectivity index (χ4n) is 2.81. The van der Waals surface area contributed by atoms with Gasteiger partial charge in [0.05, 0.1) is 16.8 Å². The van der Waals surface area contributed by atoms with E-state index in [4.69, 9.17) is 9.47 Å². The normalized spacial score (nSPS) is 19.5. The molecule has 3 aromatic rings. The molecule has 0 aliphatic carbocycles. The zero-order valence-corrected chi connectivity index (χ0v) is 13.6. The van der Waals surface area contributed by atoms with Crippen LogP contribution < -0.4 is 0 Å². The third-order valence-corrected chi connectivity index (χ3v) is 4.07. The van der Waals surface area contributed by atoms with Gasteiger partial charge in [0.25, 0.3) is 0 Å². The van der Waals surface area contributed by atoms with Gasteiger partial charge in [-0.3, -0.25) is 9.97 Å². The van der Waals surface area contributed by atoms with Crippen molar-refractivity contribution in [1.29, 1.82) is 0 Å². The second kappa shape index (κ2) is 6.76. The molecule has 3 heterocycles. The SMILES string of the molecule is O=C1OC(c2cccnc2)C(c2ccccn2)OC(=O)c2cccc1c2. The number of cyclic esters (lactones) is 2. The summed E-state index contributed by atoms with van der Waals surface area (Å²) < 4.78 is 11.4. The summed E-state index contributed by atoms with van der Waals surface area (Å²) >= 11 is 0. The number of nitrogens with zero attached hydrogens (tertiary/aromatic N) is 2. The molecule has 0 fully saturated rings. The van der Waals surface area contributed by atoms with Gasteiger partial charge in [0.15, 0.2) is 12.2 Å². The lowest BCUT2D eigenvalue weighted by Crippen LogP contribution is -2.22. The summed E-state index contributed by atoms with van der Waals surface area (Å²) in [5.41, 5.74) is 1.67. The largest absolute Gasteiger partial charge is 0.449 e. The quantitative estimate of drug-likeness (QED) is 0.663. The molecule has 0 amide bonds. The van der Waals surface area contributed by atoms with Crippen LogP contribution in [0.3, 0.4) is 0 Å². The minimum Gasteiger partial charge on any atom is -0.449 e. The van der Waals surface area contributed by atoms with Crippen molar-refractivity contribution in [1.82, 2.24) is 9.97 Å². The van der Waals surface area contributed by atoms with Gasteiger partial charge in [-0.25, -0.2) is 9.59 Å². The first-order valence-corrected chi connectivity index (χ1v) is 8.05. The molecule has 1 aliphatic heterocycles. The van der Waals surface area contributed by atoms with Gasteiger partial charge >= 0.3 is 11.9 Å². The number of pyridine rings is 2. The number of esters is 2. The number of carbonyl (C=O) groups excluding carboxylic acids is 2. The molecule has 2 bridgehead atoms. The van der Waals surface area contributed by atoms with Crippen molar-refractivity contribution in [3.8, 4) is 0 Å². The number of hydrogen-bond acceptors (Lipinski definition) is 6. The van der Waals surface area contributed by atoms with E-state index in [-0.39, 0.29) is 11.1 Å². The Kier molecular flexibility index (Phi) is 4.15. The lowest BCUT2D eigenvalue weighted by Gasteiger charge is -2.26. The zero-order chi connectivity index (χ0) is 17.9. The predicted octanol–water partition coefficient (Wildman–Crippen LogP) is 3.29. The molecule has 2 aromatic heterocycles. The number of benzene rings is 1. The van der Waals surface area contributed by atoms with Gasteiger partial charge < -0.3 is 9.47 Å². The van der Waals surface area contributed by atoms with Gasteiger partial charge in [-0.15, -0.1) is 0 Å². The second-order valence-electron chi connectivity index (χ2n) is 5.77. The molecule has 26 heavy (non-hydrogen) atoms. The van der Waals surface area contributed by atoms with Crippen LogP contribution in [0.2, 0.25) is 0 Å². The zero-order valence-electron chi connectivity index (χ0n) is 13.6. The lowest BCUT2D eigenvalue weighted by atomic mass is 10.0. The van der Waals surface area contributed by atoms with Crippen molar-refractivity contribution in [2.45, 2.75) is 12.2 Å². The topological polar surface area (TPSA) is 78.4 Å². The summed E-state index contributed by atoms with van der Waals surface area (Å²) in [7, 11) is 0. The van der Waals surface area contributed by atoms with Crippen molar-refractivity contribution in [3.63, 3.8) is 0 Å². The van der Waals surface area contributed by atoms with E-state index in [1.165, 1.54) is 6.07 Å². The standard InChI is InChI=1S/C20H14N2O4/c23-19-13-5-3-6-14(11-13)20(24)26-18(16-8-1-2-10-22-16)17(25-19)15-7-4-9-21-12-15/h1-12,17-18H. The third kappa shape index (κ3) is 3.04. The van der Waals surface area contributed by atoms with E-state index in [1.807, 2.05) is 0 Å². The molecule has 0 spiro atoms. The fourth-order valence-corrected chi connectivity index (χ4v) is 2.81. The van der Waals surface area contributed by atoms with Crippen molar-refractivity contribution in [2.75, 3.05) is 0 Å². The number of fused-ring (bicyclic) bond motifs is 2. The highest BCUT2D eigenvalue weighted by atomic mass is 16.6. The number of rotatable bonds is 2. The van der Waals surface area contributed by atoms with Crippen molar-refractivity contribution >= 4 is 11.9 Å². The molecule has 1 aromatic carbocycles. The summed E-state index contributed by atoms with van der Waals surface area (Å²) in [6.45, 7) is 0. The Bertz CT molecular complexity index is 870. The predicted molar refractivity (Wildman–Crippen MR) is 91.2 cm³/mol. The van der Waals surface area contributed by atoms with Gasteiger partial charge in [0.2, 0.25) is 0 Å². The Morgan fingerprint density at radius 2 is 1.54 bits per heavy atom. The fraction of sp³-hybridized carbons (Fsp3) is 0.100. The summed E-state index contributed by atoms with van der Waals surface area (Å²) in [5.74, 6) is -1.09. The first-order chi connectivity index (χ1) is 12.7. The molecule has 2 atom stereocenters. The number of aromatic nitrogens is 2. The molecule has 1 aliphatic rings. The van der Waals surface area contributed by atoms with Crippen LogP contribution in [-0.4, -0.2) is 21.9 Å². The maximum atomic E-state index is 12.6. The van der Waals surface area contributed by atoms with Crippen molar-refractivity contribution < 1.29 is 19.1 Å². The average molecular weight is 346 g/mol. The van der Waals surface area contributed by atoms with Gasteiger partial charge in [0.1, 0.15) is 0 Å². The number of hydrogen-bond donors (Lipinski definition) is 0. The summed E-state index contributed by atoms with van der Waals surface area (Å²) in [6.07, 6.45) is 3.02. The summed E-state index contributed by atoms with van der Waals surface area (Å²) in [6, 6.07) is 15.0. The second-order valence-corrected chi connectivity index (χ2v) is 5.77. The molecule has 0 N–H and O–H groups in total. The summed E-state index contributed by atoms with van der Waals surface area (Å²) in [5, 5.41) is 0. The van der Waals surface area contributed by atoms with Crippen molar-refractivity contribution in [2.24, 2.45) is 0 Å². The Labute approximate surface area is 149 Å². The number of ether oxygens (including phenoxy) is 2. The van der Waals surface area contributed by atoms with Crippen molar-refractivity contribution in [3.05, 3.63) is 95.6 Å². The van der Waals surface area contributed by atoms with Crippen LogP contribution in [0.1, 0.15) is 44.2 Å². The lowest BCUT2D eigenvalue weighted by molar-refractivity contribution is -0.0393. The van der Waals surface area contributed by atoms with Crippen LogP contribution in [0, 0.1) is 0 Å². The molecule has 0 radical (unpaired) electrons. The van der Waals surface area contributed by atoms with Crippen LogP contribution >= 0.6 is 0 Å². The maximum absolute atomic E-state index is 12.6. The van der Waals surface area contributed by atoms with E-state index in [9.17, 15) is 9.59 Å². The van der Waals surface area contributed by atoms with Crippen LogP contribution in [0.15, 0.2) is 73.2 Å². The van der Waals surface area contributed by atoms with Crippen LogP contribution in [0.25, 0.3) is 0 Å². The van der Waals surface area contributed by atoms with E-state index in [0.29, 0.717) is 11.3 Å². The molecule has 6 heteroatoms.